The van der Waals surface area contributed by atoms with E-state index < -0.39 is 5.91 Å². The van der Waals surface area contributed by atoms with Gasteiger partial charge in [-0.3, -0.25) is 4.79 Å². The molecule has 0 aliphatic heterocycles. The van der Waals surface area contributed by atoms with Crippen molar-refractivity contribution in [3.8, 4) is 0 Å². The van der Waals surface area contributed by atoms with Gasteiger partial charge in [0.15, 0.2) is 0 Å². The number of amides is 1. The minimum Gasteiger partial charge on any atom is -0.366 e. The fraction of sp³-hybridized carbons (Fsp3) is 0.0769. The Bertz CT molecular complexity index is 561. The Balaban J connectivity index is 2.78. The predicted octanol–water partition coefficient (Wildman–Crippen LogP) is 1.68. The summed E-state index contributed by atoms with van der Waals surface area (Å²) in [4.78, 5) is 21.9. The number of aldehydes is 1. The van der Waals surface area contributed by atoms with Crippen LogP contribution in [0, 0.1) is 0 Å². The summed E-state index contributed by atoms with van der Waals surface area (Å²) in [5.74, 6) is -0.492. The third-order valence-corrected chi connectivity index (χ3v) is 2.56. The van der Waals surface area contributed by atoms with Crippen LogP contribution in [-0.4, -0.2) is 12.2 Å². The third kappa shape index (κ3) is 1.67. The summed E-state index contributed by atoms with van der Waals surface area (Å²) in [6.45, 7) is 0. The van der Waals surface area contributed by atoms with Crippen LogP contribution in [0.1, 0.15) is 15.9 Å². The molecule has 3 heteroatoms. The Kier molecular flexibility index (Phi) is 2.68. The number of benzene rings is 2. The molecule has 0 fully saturated rings. The largest absolute Gasteiger partial charge is 0.366 e. The highest BCUT2D eigenvalue weighted by molar-refractivity contribution is 6.08. The van der Waals surface area contributed by atoms with Gasteiger partial charge < -0.3 is 10.5 Å². The molecule has 0 saturated carbocycles. The van der Waals surface area contributed by atoms with Gasteiger partial charge in [0, 0.05) is 6.42 Å². The van der Waals surface area contributed by atoms with Gasteiger partial charge in [0.1, 0.15) is 6.29 Å². The summed E-state index contributed by atoms with van der Waals surface area (Å²) in [5.41, 5.74) is 6.49. The molecule has 0 unspecified atom stereocenters. The quantitative estimate of drug-likeness (QED) is 0.788. The first-order valence-corrected chi connectivity index (χ1v) is 4.98. The van der Waals surface area contributed by atoms with Gasteiger partial charge in [0.2, 0.25) is 5.91 Å². The molecule has 0 bridgehead atoms. The van der Waals surface area contributed by atoms with Crippen molar-refractivity contribution in [1.82, 2.24) is 0 Å². The zero-order chi connectivity index (χ0) is 11.5. The molecule has 2 N–H and O–H groups in total. The van der Waals surface area contributed by atoms with Crippen molar-refractivity contribution >= 4 is 23.0 Å². The Morgan fingerprint density at radius 2 is 1.94 bits per heavy atom. The van der Waals surface area contributed by atoms with Gasteiger partial charge in [0.25, 0.3) is 0 Å². The second kappa shape index (κ2) is 4.14. The fourth-order valence-electron chi connectivity index (χ4n) is 1.87. The van der Waals surface area contributed by atoms with Crippen molar-refractivity contribution in [2.75, 3.05) is 0 Å². The summed E-state index contributed by atoms with van der Waals surface area (Å²) in [6, 6.07) is 11.2. The first-order chi connectivity index (χ1) is 7.74. The zero-order valence-corrected chi connectivity index (χ0v) is 8.64. The smallest absolute Gasteiger partial charge is 0.249 e. The molecular formula is C13H11NO2. The average molecular weight is 213 g/mol. The number of rotatable bonds is 3. The maximum absolute atomic E-state index is 11.4. The Morgan fingerprint density at radius 1 is 1.19 bits per heavy atom. The second-order valence-electron chi connectivity index (χ2n) is 3.56. The van der Waals surface area contributed by atoms with Crippen molar-refractivity contribution < 1.29 is 9.59 Å². The van der Waals surface area contributed by atoms with Crippen molar-refractivity contribution in [2.24, 2.45) is 5.73 Å². The van der Waals surface area contributed by atoms with E-state index >= 15 is 0 Å². The third-order valence-electron chi connectivity index (χ3n) is 2.56. The molecule has 0 atom stereocenters. The number of primary amides is 1. The molecule has 2 rings (SSSR count). The van der Waals surface area contributed by atoms with Crippen molar-refractivity contribution in [3.63, 3.8) is 0 Å². The second-order valence-corrected chi connectivity index (χ2v) is 3.56. The molecule has 0 radical (unpaired) electrons. The molecule has 0 saturated heterocycles. The summed E-state index contributed by atoms with van der Waals surface area (Å²) >= 11 is 0. The molecule has 0 aliphatic carbocycles. The van der Waals surface area contributed by atoms with Crippen LogP contribution in [0.15, 0.2) is 36.4 Å². The molecule has 0 aromatic heterocycles. The number of nitrogens with two attached hydrogens (primary N) is 1. The van der Waals surface area contributed by atoms with Crippen LogP contribution in [0.4, 0.5) is 0 Å². The van der Waals surface area contributed by atoms with E-state index in [9.17, 15) is 9.59 Å². The highest BCUT2D eigenvalue weighted by atomic mass is 16.1. The van der Waals surface area contributed by atoms with Crippen molar-refractivity contribution in [2.45, 2.75) is 6.42 Å². The van der Waals surface area contributed by atoms with Crippen LogP contribution < -0.4 is 5.73 Å². The molecular weight excluding hydrogens is 202 g/mol. The van der Waals surface area contributed by atoms with Crippen molar-refractivity contribution in [3.05, 3.63) is 47.5 Å². The van der Waals surface area contributed by atoms with Gasteiger partial charge in [0.05, 0.1) is 5.56 Å². The number of carbonyl (C=O) groups excluding carboxylic acids is 2. The SMILES string of the molecule is NC(=O)c1c(CC=O)ccc2ccccc12. The summed E-state index contributed by atoms with van der Waals surface area (Å²) < 4.78 is 0. The summed E-state index contributed by atoms with van der Waals surface area (Å²) in [5, 5.41) is 1.75. The molecule has 0 heterocycles. The molecule has 0 spiro atoms. The lowest BCUT2D eigenvalue weighted by atomic mass is 9.97. The van der Waals surface area contributed by atoms with Crippen LogP contribution in [-0.2, 0) is 11.2 Å². The first kappa shape index (κ1) is 10.4. The fourth-order valence-corrected chi connectivity index (χ4v) is 1.87. The molecule has 0 aliphatic rings. The van der Waals surface area contributed by atoms with Gasteiger partial charge in [-0.15, -0.1) is 0 Å². The normalized spacial score (nSPS) is 10.2. The minimum atomic E-state index is -0.492. The van der Waals surface area contributed by atoms with Gasteiger partial charge in [-0.05, 0) is 16.3 Å². The van der Waals surface area contributed by atoms with Crippen molar-refractivity contribution in [1.29, 1.82) is 0 Å². The molecule has 3 nitrogen and oxygen atoms in total. The monoisotopic (exact) mass is 213 g/mol. The lowest BCUT2D eigenvalue weighted by Crippen LogP contribution is -2.14. The Hall–Kier alpha value is -2.16. The van der Waals surface area contributed by atoms with Gasteiger partial charge >= 0.3 is 0 Å². The zero-order valence-electron chi connectivity index (χ0n) is 8.64. The van der Waals surface area contributed by atoms with E-state index in [-0.39, 0.29) is 6.42 Å². The van der Waals surface area contributed by atoms with E-state index in [1.165, 1.54) is 0 Å². The van der Waals surface area contributed by atoms with Crippen LogP contribution in [0.5, 0.6) is 0 Å². The van der Waals surface area contributed by atoms with E-state index in [0.717, 1.165) is 17.1 Å². The van der Waals surface area contributed by atoms with Gasteiger partial charge in [-0.2, -0.15) is 0 Å². The van der Waals surface area contributed by atoms with E-state index in [1.54, 1.807) is 6.07 Å². The highest BCUT2D eigenvalue weighted by Crippen LogP contribution is 2.22. The number of fused-ring (bicyclic) bond motifs is 1. The topological polar surface area (TPSA) is 60.2 Å². The van der Waals surface area contributed by atoms with E-state index in [0.29, 0.717) is 11.1 Å². The number of carbonyl (C=O) groups is 2. The van der Waals surface area contributed by atoms with E-state index in [2.05, 4.69) is 0 Å². The maximum atomic E-state index is 11.4. The van der Waals surface area contributed by atoms with Crippen LogP contribution in [0.2, 0.25) is 0 Å². The van der Waals surface area contributed by atoms with Gasteiger partial charge in [-0.1, -0.05) is 36.4 Å². The van der Waals surface area contributed by atoms with Crippen LogP contribution in [0.25, 0.3) is 10.8 Å². The Morgan fingerprint density at radius 3 is 2.62 bits per heavy atom. The Labute approximate surface area is 92.9 Å². The highest BCUT2D eigenvalue weighted by Gasteiger charge is 2.11. The summed E-state index contributed by atoms with van der Waals surface area (Å²) in [7, 11) is 0. The summed E-state index contributed by atoms with van der Waals surface area (Å²) in [6.07, 6.45) is 0.986. The standard InChI is InChI=1S/C13H11NO2/c14-13(16)12-10(7-8-15)6-5-9-3-1-2-4-11(9)12/h1-6,8H,7H2,(H2,14,16). The first-order valence-electron chi connectivity index (χ1n) is 4.98. The molecule has 80 valence electrons. The number of hydrogen-bond donors (Lipinski definition) is 1. The lowest BCUT2D eigenvalue weighted by Gasteiger charge is -2.07. The van der Waals surface area contributed by atoms with Crippen LogP contribution >= 0.6 is 0 Å². The molecule has 16 heavy (non-hydrogen) atoms. The van der Waals surface area contributed by atoms with E-state index in [1.807, 2.05) is 30.3 Å². The van der Waals surface area contributed by atoms with Crippen LogP contribution in [0.3, 0.4) is 0 Å². The minimum absolute atomic E-state index is 0.211. The lowest BCUT2D eigenvalue weighted by molar-refractivity contribution is -0.107. The maximum Gasteiger partial charge on any atom is 0.249 e. The molecule has 1 amide bonds. The number of hydrogen-bond acceptors (Lipinski definition) is 2. The average Bonchev–Trinajstić information content (AvgIpc) is 2.28. The van der Waals surface area contributed by atoms with E-state index in [4.69, 9.17) is 5.73 Å². The molecule has 2 aromatic carbocycles. The molecule has 2 aromatic rings. The predicted molar refractivity (Wildman–Crippen MR) is 62.2 cm³/mol. The van der Waals surface area contributed by atoms with Gasteiger partial charge in [-0.25, -0.2) is 0 Å².